The van der Waals surface area contributed by atoms with Crippen molar-refractivity contribution < 1.29 is 4.79 Å². The smallest absolute Gasteiger partial charge is 0.319 e. The highest BCUT2D eigenvalue weighted by molar-refractivity contribution is 6.36. The second kappa shape index (κ2) is 7.98. The molecule has 2 amide bonds. The largest absolute Gasteiger partial charge is 0.336 e. The molecule has 0 aliphatic heterocycles. The van der Waals surface area contributed by atoms with Crippen molar-refractivity contribution in [2.75, 3.05) is 11.9 Å². The number of rotatable bonds is 5. The summed E-state index contributed by atoms with van der Waals surface area (Å²) >= 11 is 11.8. The van der Waals surface area contributed by atoms with E-state index < -0.39 is 6.03 Å². The quantitative estimate of drug-likeness (QED) is 0.688. The summed E-state index contributed by atoms with van der Waals surface area (Å²) in [6, 6.07) is 7.18. The second-order valence-electron chi connectivity index (χ2n) is 5.10. The molecule has 2 heterocycles. The summed E-state index contributed by atoms with van der Waals surface area (Å²) in [6.07, 6.45) is 2.84. The van der Waals surface area contributed by atoms with Crippen LogP contribution < -0.4 is 16.2 Å². The van der Waals surface area contributed by atoms with Gasteiger partial charge in [0.1, 0.15) is 12.7 Å². The Morgan fingerprint density at radius 3 is 2.77 bits per heavy atom. The lowest BCUT2D eigenvalue weighted by Gasteiger charge is -2.10. The van der Waals surface area contributed by atoms with E-state index in [0.717, 1.165) is 0 Å². The second-order valence-corrected chi connectivity index (χ2v) is 5.94. The average molecular weight is 394 g/mol. The molecule has 1 aromatic carbocycles. The molecule has 0 bridgehead atoms. The highest BCUT2D eigenvalue weighted by Crippen LogP contribution is 2.25. The molecule has 2 aromatic heterocycles. The Bertz CT molecular complexity index is 972. The van der Waals surface area contributed by atoms with Gasteiger partial charge in [0.15, 0.2) is 5.82 Å². The first-order chi connectivity index (χ1) is 12.5. The van der Waals surface area contributed by atoms with Crippen molar-refractivity contribution in [3.63, 3.8) is 0 Å². The van der Waals surface area contributed by atoms with Gasteiger partial charge >= 0.3 is 6.03 Å². The minimum atomic E-state index is -0.463. The number of nitrogens with zero attached hydrogens (tertiary/aromatic N) is 5. The number of anilines is 1. The van der Waals surface area contributed by atoms with E-state index in [-0.39, 0.29) is 18.6 Å². The lowest BCUT2D eigenvalue weighted by Crippen LogP contribution is -2.34. The SMILES string of the molecule is O=C(NCCn1nc(-n2cncn2)ccc1=O)Nc1ccc(Cl)cc1Cl. The molecular formula is C15H13Cl2N7O2. The lowest BCUT2D eigenvalue weighted by atomic mass is 10.3. The van der Waals surface area contributed by atoms with Crippen LogP contribution >= 0.6 is 23.2 Å². The Hall–Kier alpha value is -2.91. The van der Waals surface area contributed by atoms with Crippen LogP contribution in [0.1, 0.15) is 0 Å². The molecule has 0 aliphatic rings. The molecule has 0 saturated carbocycles. The van der Waals surface area contributed by atoms with Crippen LogP contribution in [0.4, 0.5) is 10.5 Å². The third kappa shape index (κ3) is 4.38. The summed E-state index contributed by atoms with van der Waals surface area (Å²) in [4.78, 5) is 27.6. The number of nitrogens with one attached hydrogen (secondary N) is 2. The first-order valence-electron chi connectivity index (χ1n) is 7.46. The first kappa shape index (κ1) is 17.9. The van der Waals surface area contributed by atoms with Crippen LogP contribution in [-0.2, 0) is 6.54 Å². The molecule has 26 heavy (non-hydrogen) atoms. The predicted octanol–water partition coefficient (Wildman–Crippen LogP) is 1.95. The Morgan fingerprint density at radius 1 is 1.19 bits per heavy atom. The first-order valence-corrected chi connectivity index (χ1v) is 8.21. The van der Waals surface area contributed by atoms with E-state index in [4.69, 9.17) is 23.2 Å². The molecule has 0 fully saturated rings. The van der Waals surface area contributed by atoms with Crippen molar-refractivity contribution in [2.24, 2.45) is 0 Å². The molecule has 0 saturated heterocycles. The molecule has 0 radical (unpaired) electrons. The predicted molar refractivity (Wildman–Crippen MR) is 96.9 cm³/mol. The van der Waals surface area contributed by atoms with Crippen LogP contribution in [0.3, 0.4) is 0 Å². The summed E-state index contributed by atoms with van der Waals surface area (Å²) < 4.78 is 2.66. The zero-order valence-corrected chi connectivity index (χ0v) is 14.8. The third-order valence-corrected chi connectivity index (χ3v) is 3.84. The molecule has 11 heteroatoms. The van der Waals surface area contributed by atoms with Crippen molar-refractivity contribution in [1.29, 1.82) is 0 Å². The van der Waals surface area contributed by atoms with Gasteiger partial charge in [-0.05, 0) is 24.3 Å². The standard InChI is InChI=1S/C15H13Cl2N7O2/c16-10-1-2-12(11(17)7-10)21-15(26)19-5-6-23-14(25)4-3-13(22-23)24-9-18-8-20-24/h1-4,7-9H,5-6H2,(H2,19,21,26). The molecule has 9 nitrogen and oxygen atoms in total. The summed E-state index contributed by atoms with van der Waals surface area (Å²) in [7, 11) is 0. The normalized spacial score (nSPS) is 10.5. The van der Waals surface area contributed by atoms with Gasteiger partial charge in [-0.25, -0.2) is 19.1 Å². The zero-order valence-electron chi connectivity index (χ0n) is 13.3. The molecule has 2 N–H and O–H groups in total. The third-order valence-electron chi connectivity index (χ3n) is 3.29. The number of benzene rings is 1. The fraction of sp³-hybridized carbons (Fsp3) is 0.133. The molecule has 134 valence electrons. The highest BCUT2D eigenvalue weighted by atomic mass is 35.5. The van der Waals surface area contributed by atoms with Gasteiger partial charge in [0.05, 0.1) is 17.3 Å². The van der Waals surface area contributed by atoms with Crippen molar-refractivity contribution in [1.82, 2.24) is 29.9 Å². The summed E-state index contributed by atoms with van der Waals surface area (Å²) in [5.41, 5.74) is 0.133. The maximum atomic E-state index is 11.9. The van der Waals surface area contributed by atoms with Crippen LogP contribution in [0.5, 0.6) is 0 Å². The molecular weight excluding hydrogens is 381 g/mol. The van der Waals surface area contributed by atoms with Gasteiger partial charge in [0, 0.05) is 17.6 Å². The Morgan fingerprint density at radius 2 is 2.04 bits per heavy atom. The van der Waals surface area contributed by atoms with Gasteiger partial charge in [-0.1, -0.05) is 23.2 Å². The number of hydrogen-bond acceptors (Lipinski definition) is 5. The zero-order chi connectivity index (χ0) is 18.5. The Balaban J connectivity index is 1.58. The van der Waals surface area contributed by atoms with Gasteiger partial charge in [0.25, 0.3) is 5.56 Å². The number of aromatic nitrogens is 5. The maximum absolute atomic E-state index is 11.9. The number of carbonyl (C=O) groups excluding carboxylic acids is 1. The number of halogens is 2. The van der Waals surface area contributed by atoms with E-state index in [2.05, 4.69) is 25.8 Å². The van der Waals surface area contributed by atoms with E-state index in [1.165, 1.54) is 40.2 Å². The van der Waals surface area contributed by atoms with E-state index >= 15 is 0 Å². The van der Waals surface area contributed by atoms with Gasteiger partial charge in [-0.15, -0.1) is 5.10 Å². The lowest BCUT2D eigenvalue weighted by molar-refractivity contribution is 0.251. The summed E-state index contributed by atoms with van der Waals surface area (Å²) in [6.45, 7) is 0.369. The minimum absolute atomic E-state index is 0.184. The molecule has 0 spiro atoms. The van der Waals surface area contributed by atoms with Crippen LogP contribution in [0.15, 0.2) is 47.8 Å². The van der Waals surface area contributed by atoms with E-state index in [0.29, 0.717) is 21.6 Å². The van der Waals surface area contributed by atoms with E-state index in [1.54, 1.807) is 12.1 Å². The maximum Gasteiger partial charge on any atom is 0.319 e. The van der Waals surface area contributed by atoms with Crippen LogP contribution in [0.25, 0.3) is 5.82 Å². The van der Waals surface area contributed by atoms with E-state index in [1.807, 2.05) is 0 Å². The highest BCUT2D eigenvalue weighted by Gasteiger charge is 2.07. The fourth-order valence-electron chi connectivity index (χ4n) is 2.08. The van der Waals surface area contributed by atoms with Crippen molar-refractivity contribution >= 4 is 34.9 Å². The number of carbonyl (C=O) groups is 1. The van der Waals surface area contributed by atoms with Crippen molar-refractivity contribution in [3.05, 3.63) is 63.4 Å². The summed E-state index contributed by atoms with van der Waals surface area (Å²) in [5.74, 6) is 0.444. The average Bonchev–Trinajstić information content (AvgIpc) is 3.14. The molecule has 0 unspecified atom stereocenters. The van der Waals surface area contributed by atoms with Crippen LogP contribution in [-0.4, -0.2) is 37.1 Å². The monoisotopic (exact) mass is 393 g/mol. The molecule has 3 rings (SSSR count). The molecule has 3 aromatic rings. The fourth-order valence-corrected chi connectivity index (χ4v) is 2.54. The summed E-state index contributed by atoms with van der Waals surface area (Å²) in [5, 5.41) is 14.2. The Labute approximate surface area is 157 Å². The number of amides is 2. The van der Waals surface area contributed by atoms with Crippen LogP contribution in [0, 0.1) is 0 Å². The van der Waals surface area contributed by atoms with Crippen LogP contribution in [0.2, 0.25) is 10.0 Å². The minimum Gasteiger partial charge on any atom is -0.336 e. The van der Waals surface area contributed by atoms with Crippen molar-refractivity contribution in [2.45, 2.75) is 6.54 Å². The molecule has 0 atom stereocenters. The van der Waals surface area contributed by atoms with Gasteiger partial charge in [0.2, 0.25) is 0 Å². The Kier molecular flexibility index (Phi) is 5.49. The topological polar surface area (TPSA) is 107 Å². The van der Waals surface area contributed by atoms with E-state index in [9.17, 15) is 9.59 Å². The molecule has 0 aliphatic carbocycles. The van der Waals surface area contributed by atoms with Gasteiger partial charge in [-0.3, -0.25) is 4.79 Å². The number of urea groups is 1. The van der Waals surface area contributed by atoms with Crippen molar-refractivity contribution in [3.8, 4) is 5.82 Å². The van der Waals surface area contributed by atoms with Gasteiger partial charge < -0.3 is 10.6 Å². The number of hydrogen-bond donors (Lipinski definition) is 2. The van der Waals surface area contributed by atoms with Gasteiger partial charge in [-0.2, -0.15) is 5.10 Å².